The number of carbonyl (C=O) groups excluding carboxylic acids is 1. The lowest BCUT2D eigenvalue weighted by molar-refractivity contribution is -0.121. The average molecular weight is 321 g/mol. The van der Waals surface area contributed by atoms with Crippen LogP contribution in [0.25, 0.3) is 11.0 Å². The summed E-state index contributed by atoms with van der Waals surface area (Å²) < 4.78 is 5.56. The number of hydrogen-bond donors (Lipinski definition) is 1. The maximum atomic E-state index is 12.3. The second-order valence-corrected chi connectivity index (χ2v) is 6.43. The molecule has 2 aromatic carbocycles. The molecule has 1 aromatic heterocycles. The molecule has 3 aromatic rings. The van der Waals surface area contributed by atoms with Crippen molar-refractivity contribution < 1.29 is 9.21 Å². The van der Waals surface area contributed by atoms with Crippen LogP contribution in [0.15, 0.2) is 59.2 Å². The molecular formula is C21H23NO2. The normalized spacial score (nSPS) is 12.2. The summed E-state index contributed by atoms with van der Waals surface area (Å²) in [5.41, 5.74) is 4.24. The van der Waals surface area contributed by atoms with Gasteiger partial charge in [0.25, 0.3) is 0 Å². The Morgan fingerprint density at radius 1 is 1.17 bits per heavy atom. The monoisotopic (exact) mass is 321 g/mol. The molecule has 1 heterocycles. The fourth-order valence-corrected chi connectivity index (χ4v) is 2.93. The lowest BCUT2D eigenvalue weighted by Crippen LogP contribution is -2.33. The molecule has 1 N–H and O–H groups in total. The summed E-state index contributed by atoms with van der Waals surface area (Å²) in [6.07, 6.45) is 3.95. The van der Waals surface area contributed by atoms with Crippen LogP contribution in [0.2, 0.25) is 0 Å². The molecule has 3 rings (SSSR count). The van der Waals surface area contributed by atoms with Gasteiger partial charge in [0.05, 0.1) is 12.7 Å². The number of fused-ring (bicyclic) bond motifs is 1. The molecule has 3 heteroatoms. The topological polar surface area (TPSA) is 42.2 Å². The van der Waals surface area contributed by atoms with Gasteiger partial charge in [0, 0.05) is 17.0 Å². The molecule has 0 unspecified atom stereocenters. The quantitative estimate of drug-likeness (QED) is 0.730. The summed E-state index contributed by atoms with van der Waals surface area (Å²) in [5.74, 6) is 0.0406. The van der Waals surface area contributed by atoms with Crippen molar-refractivity contribution in [3.05, 3.63) is 71.5 Å². The first-order valence-electron chi connectivity index (χ1n) is 8.42. The van der Waals surface area contributed by atoms with Crippen molar-refractivity contribution in [3.8, 4) is 0 Å². The Labute approximate surface area is 142 Å². The minimum atomic E-state index is 0.0406. The van der Waals surface area contributed by atoms with E-state index in [4.69, 9.17) is 4.42 Å². The number of furan rings is 1. The van der Waals surface area contributed by atoms with Crippen LogP contribution in [0.3, 0.4) is 0 Å². The fraction of sp³-hybridized carbons (Fsp3) is 0.286. The minimum absolute atomic E-state index is 0.0406. The summed E-state index contributed by atoms with van der Waals surface area (Å²) in [6.45, 7) is 4.08. The van der Waals surface area contributed by atoms with Gasteiger partial charge in [-0.1, -0.05) is 42.5 Å². The van der Waals surface area contributed by atoms with Crippen molar-refractivity contribution in [2.45, 2.75) is 39.2 Å². The van der Waals surface area contributed by atoms with E-state index in [1.807, 2.05) is 43.3 Å². The summed E-state index contributed by atoms with van der Waals surface area (Å²) >= 11 is 0. The summed E-state index contributed by atoms with van der Waals surface area (Å²) in [5, 5.41) is 4.10. The molecule has 1 amide bonds. The van der Waals surface area contributed by atoms with Gasteiger partial charge < -0.3 is 9.73 Å². The van der Waals surface area contributed by atoms with Crippen LogP contribution in [0.4, 0.5) is 0 Å². The number of benzene rings is 2. The lowest BCUT2D eigenvalue weighted by Gasteiger charge is -2.13. The Morgan fingerprint density at radius 3 is 2.75 bits per heavy atom. The number of nitrogens with one attached hydrogen (secondary N) is 1. The highest BCUT2D eigenvalue weighted by atomic mass is 16.3. The molecule has 1 atom stereocenters. The largest absolute Gasteiger partial charge is 0.464 e. The van der Waals surface area contributed by atoms with E-state index in [2.05, 4.69) is 24.4 Å². The van der Waals surface area contributed by atoms with E-state index < -0.39 is 0 Å². The first kappa shape index (κ1) is 16.3. The predicted molar refractivity (Wildman–Crippen MR) is 97.0 cm³/mol. The number of aryl methyl sites for hydroxylation is 2. The Bertz CT molecular complexity index is 820. The summed E-state index contributed by atoms with van der Waals surface area (Å²) in [6, 6.07) is 16.6. The zero-order chi connectivity index (χ0) is 16.9. The van der Waals surface area contributed by atoms with Crippen LogP contribution >= 0.6 is 0 Å². The van der Waals surface area contributed by atoms with Gasteiger partial charge in [-0.05, 0) is 43.9 Å². The van der Waals surface area contributed by atoms with Crippen LogP contribution < -0.4 is 5.32 Å². The lowest BCUT2D eigenvalue weighted by atomic mass is 10.1. The molecule has 124 valence electrons. The third-order valence-corrected chi connectivity index (χ3v) is 4.28. The number of amides is 1. The third kappa shape index (κ3) is 4.05. The fourth-order valence-electron chi connectivity index (χ4n) is 2.93. The van der Waals surface area contributed by atoms with Crippen LogP contribution in [-0.2, 0) is 17.6 Å². The Hall–Kier alpha value is -2.55. The minimum Gasteiger partial charge on any atom is -0.464 e. The van der Waals surface area contributed by atoms with Crippen LogP contribution in [0, 0.1) is 6.92 Å². The first-order valence-corrected chi connectivity index (χ1v) is 8.42. The van der Waals surface area contributed by atoms with Crippen molar-refractivity contribution in [1.82, 2.24) is 5.32 Å². The Balaban J connectivity index is 1.54. The van der Waals surface area contributed by atoms with Crippen molar-refractivity contribution in [1.29, 1.82) is 0 Å². The maximum Gasteiger partial charge on any atom is 0.224 e. The molecule has 3 nitrogen and oxygen atoms in total. The molecule has 0 radical (unpaired) electrons. The van der Waals surface area contributed by atoms with Gasteiger partial charge in [0.2, 0.25) is 5.91 Å². The highest BCUT2D eigenvalue weighted by Gasteiger charge is 2.12. The van der Waals surface area contributed by atoms with E-state index >= 15 is 0 Å². The molecule has 24 heavy (non-hydrogen) atoms. The van der Waals surface area contributed by atoms with Crippen molar-refractivity contribution in [2.24, 2.45) is 0 Å². The van der Waals surface area contributed by atoms with E-state index in [0.717, 1.165) is 34.9 Å². The third-order valence-electron chi connectivity index (χ3n) is 4.28. The van der Waals surface area contributed by atoms with Gasteiger partial charge in [-0.25, -0.2) is 0 Å². The van der Waals surface area contributed by atoms with Gasteiger partial charge in [-0.15, -0.1) is 0 Å². The SMILES string of the molecule is Cc1ccc2c(CC(=O)N[C@@H](C)CCc3ccccc3)coc2c1. The number of hydrogen-bond acceptors (Lipinski definition) is 2. The molecule has 0 fully saturated rings. The second-order valence-electron chi connectivity index (χ2n) is 6.43. The molecule has 0 saturated carbocycles. The van der Waals surface area contributed by atoms with Crippen molar-refractivity contribution in [2.75, 3.05) is 0 Å². The van der Waals surface area contributed by atoms with Gasteiger partial charge >= 0.3 is 0 Å². The van der Waals surface area contributed by atoms with Crippen LogP contribution in [0.1, 0.15) is 30.0 Å². The Kier molecular flexibility index (Phi) is 4.99. The van der Waals surface area contributed by atoms with Crippen molar-refractivity contribution in [3.63, 3.8) is 0 Å². The average Bonchev–Trinajstić information content (AvgIpc) is 2.95. The van der Waals surface area contributed by atoms with Crippen LogP contribution in [-0.4, -0.2) is 11.9 Å². The van der Waals surface area contributed by atoms with Gasteiger partial charge in [-0.2, -0.15) is 0 Å². The van der Waals surface area contributed by atoms with Crippen molar-refractivity contribution >= 4 is 16.9 Å². The maximum absolute atomic E-state index is 12.3. The van der Waals surface area contributed by atoms with E-state index in [9.17, 15) is 4.79 Å². The number of rotatable bonds is 6. The van der Waals surface area contributed by atoms with Gasteiger partial charge in [0.15, 0.2) is 0 Å². The van der Waals surface area contributed by atoms with E-state index in [0.29, 0.717) is 6.42 Å². The molecule has 0 aliphatic carbocycles. The van der Waals surface area contributed by atoms with Crippen LogP contribution in [0.5, 0.6) is 0 Å². The van der Waals surface area contributed by atoms with Gasteiger partial charge in [-0.3, -0.25) is 4.79 Å². The standard InChI is InChI=1S/C21H23NO2/c1-15-8-11-19-18(14-24-20(19)12-15)13-21(23)22-16(2)9-10-17-6-4-3-5-7-17/h3-8,11-12,14,16H,9-10,13H2,1-2H3,(H,22,23)/t16-/m0/s1. The number of carbonyl (C=O) groups is 1. The Morgan fingerprint density at radius 2 is 1.96 bits per heavy atom. The predicted octanol–water partition coefficient (Wildman–Crippen LogP) is 4.42. The zero-order valence-electron chi connectivity index (χ0n) is 14.2. The highest BCUT2D eigenvalue weighted by Crippen LogP contribution is 2.22. The van der Waals surface area contributed by atoms with E-state index in [1.54, 1.807) is 6.26 Å². The summed E-state index contributed by atoms with van der Waals surface area (Å²) in [4.78, 5) is 12.3. The molecular weight excluding hydrogens is 298 g/mol. The molecule has 0 spiro atoms. The smallest absolute Gasteiger partial charge is 0.224 e. The first-order chi connectivity index (χ1) is 11.6. The molecule has 0 aliphatic heterocycles. The zero-order valence-corrected chi connectivity index (χ0v) is 14.2. The molecule has 0 saturated heterocycles. The van der Waals surface area contributed by atoms with E-state index in [-0.39, 0.29) is 11.9 Å². The molecule has 0 aliphatic rings. The van der Waals surface area contributed by atoms with E-state index in [1.165, 1.54) is 5.56 Å². The summed E-state index contributed by atoms with van der Waals surface area (Å²) in [7, 11) is 0. The highest BCUT2D eigenvalue weighted by molar-refractivity contribution is 5.88. The van der Waals surface area contributed by atoms with Gasteiger partial charge in [0.1, 0.15) is 5.58 Å². The molecule has 0 bridgehead atoms. The second kappa shape index (κ2) is 7.35.